The Hall–Kier alpha value is -3.43. The van der Waals surface area contributed by atoms with Gasteiger partial charge in [-0.05, 0) is 64.8 Å². The van der Waals surface area contributed by atoms with E-state index in [-0.39, 0.29) is 24.2 Å². The van der Waals surface area contributed by atoms with Gasteiger partial charge in [0.1, 0.15) is 17.0 Å². The first-order valence-electron chi connectivity index (χ1n) is 12.9. The number of hydrogen-bond donors (Lipinski definition) is 4. The number of nitrogens with one attached hydrogen (secondary N) is 3. The van der Waals surface area contributed by atoms with Crippen LogP contribution in [-0.4, -0.2) is 58.2 Å². The Morgan fingerprint density at radius 3 is 2.61 bits per heavy atom. The number of rotatable bonds is 7. The zero-order valence-electron chi connectivity index (χ0n) is 22.9. The predicted octanol–water partition coefficient (Wildman–Crippen LogP) is 3.69. The predicted molar refractivity (Wildman–Crippen MR) is 144 cm³/mol. The summed E-state index contributed by atoms with van der Waals surface area (Å²) in [6, 6.07) is 13.2. The highest BCUT2D eigenvalue weighted by Gasteiger charge is 2.53. The van der Waals surface area contributed by atoms with Crippen LogP contribution in [0.25, 0.3) is 0 Å². The molecule has 0 spiro atoms. The summed E-state index contributed by atoms with van der Waals surface area (Å²) in [6.45, 7) is 9.39. The van der Waals surface area contributed by atoms with Gasteiger partial charge in [0, 0.05) is 36.8 Å². The Morgan fingerprint density at radius 1 is 1.21 bits per heavy atom. The Labute approximate surface area is 224 Å². The van der Waals surface area contributed by atoms with Gasteiger partial charge in [-0.3, -0.25) is 19.9 Å². The summed E-state index contributed by atoms with van der Waals surface area (Å²) in [7, 11) is 1.59. The number of amides is 2. The van der Waals surface area contributed by atoms with E-state index in [2.05, 4.69) is 10.6 Å². The first-order chi connectivity index (χ1) is 17.8. The molecule has 1 unspecified atom stereocenters. The van der Waals surface area contributed by atoms with Crippen LogP contribution in [0.1, 0.15) is 81.0 Å². The van der Waals surface area contributed by atoms with Crippen molar-refractivity contribution in [3.05, 3.63) is 65.2 Å². The van der Waals surface area contributed by atoms with Crippen molar-refractivity contribution in [1.82, 2.24) is 15.5 Å². The molecule has 9 nitrogen and oxygen atoms in total. The first kappa shape index (κ1) is 27.6. The van der Waals surface area contributed by atoms with E-state index in [9.17, 15) is 14.7 Å². The minimum absolute atomic E-state index is 0.0271. The minimum Gasteiger partial charge on any atom is -0.484 e. The van der Waals surface area contributed by atoms with Gasteiger partial charge in [-0.1, -0.05) is 30.3 Å². The highest BCUT2D eigenvalue weighted by molar-refractivity contribution is 5.99. The quantitative estimate of drug-likeness (QED) is 0.440. The van der Waals surface area contributed by atoms with Gasteiger partial charge >= 0.3 is 0 Å². The van der Waals surface area contributed by atoms with Crippen LogP contribution in [0.3, 0.4) is 0 Å². The lowest BCUT2D eigenvalue weighted by Crippen LogP contribution is -2.62. The summed E-state index contributed by atoms with van der Waals surface area (Å²) in [5.74, 6) is 0.112. The molecule has 0 aliphatic carbocycles. The Bertz CT molecular complexity index is 1220. The van der Waals surface area contributed by atoms with Gasteiger partial charge in [0.2, 0.25) is 5.91 Å². The van der Waals surface area contributed by atoms with Crippen LogP contribution in [0.4, 0.5) is 0 Å². The molecule has 9 heteroatoms. The van der Waals surface area contributed by atoms with Crippen molar-refractivity contribution in [2.75, 3.05) is 13.7 Å². The highest BCUT2D eigenvalue weighted by Crippen LogP contribution is 2.46. The standard InChI is InChI=1S/C29H38N4O5/c1-27(2)17-23(34)33(26(30)32-27)21(14-15-37-6)18-10-9-11-19(16-18)25(35)31-24-20-12-7-8-13-22(20)38-28(3,4)29(24,5)36/h7-13,16,21,24,36H,14-15,17H2,1-6H3,(H2,30,32)(H,31,35)/t21?,24-,29+/m1/s1. The number of benzene rings is 2. The molecule has 0 bridgehead atoms. The van der Waals surface area contributed by atoms with Gasteiger partial charge in [0.05, 0.1) is 12.1 Å². The van der Waals surface area contributed by atoms with Crippen molar-refractivity contribution in [3.63, 3.8) is 0 Å². The number of hydrogen-bond acceptors (Lipinski definition) is 6. The van der Waals surface area contributed by atoms with E-state index >= 15 is 0 Å². The van der Waals surface area contributed by atoms with Crippen molar-refractivity contribution in [3.8, 4) is 5.75 Å². The molecule has 0 saturated carbocycles. The molecule has 3 atom stereocenters. The smallest absolute Gasteiger partial charge is 0.251 e. The van der Waals surface area contributed by atoms with Crippen molar-refractivity contribution >= 4 is 17.8 Å². The Kier molecular flexibility index (Phi) is 7.29. The average Bonchev–Trinajstić information content (AvgIpc) is 2.83. The third kappa shape index (κ3) is 5.13. The van der Waals surface area contributed by atoms with Crippen molar-refractivity contribution in [1.29, 1.82) is 5.41 Å². The third-order valence-electron chi connectivity index (χ3n) is 7.65. The molecule has 1 saturated heterocycles. The molecule has 4 N–H and O–H groups in total. The van der Waals surface area contributed by atoms with Gasteiger partial charge < -0.3 is 25.2 Å². The van der Waals surface area contributed by atoms with Crippen LogP contribution in [0.5, 0.6) is 5.75 Å². The maximum atomic E-state index is 13.6. The zero-order chi connectivity index (χ0) is 27.9. The largest absolute Gasteiger partial charge is 0.484 e. The summed E-state index contributed by atoms with van der Waals surface area (Å²) in [6.07, 6.45) is 0.696. The lowest BCUT2D eigenvalue weighted by Gasteiger charge is -2.49. The fourth-order valence-electron chi connectivity index (χ4n) is 5.18. The Balaban J connectivity index is 1.65. The second kappa shape index (κ2) is 10.0. The second-order valence-corrected chi connectivity index (χ2v) is 11.4. The van der Waals surface area contributed by atoms with Gasteiger partial charge in [-0.15, -0.1) is 0 Å². The van der Waals surface area contributed by atoms with Gasteiger partial charge in [-0.25, -0.2) is 0 Å². The average molecular weight is 523 g/mol. The van der Waals surface area contributed by atoms with E-state index in [4.69, 9.17) is 14.9 Å². The number of carbonyl (C=O) groups excluding carboxylic acids is 2. The van der Waals surface area contributed by atoms with E-state index in [1.165, 1.54) is 4.90 Å². The van der Waals surface area contributed by atoms with Crippen LogP contribution >= 0.6 is 0 Å². The molecule has 1 fully saturated rings. The first-order valence-corrected chi connectivity index (χ1v) is 12.9. The number of methoxy groups -OCH3 is 1. The van der Waals surface area contributed by atoms with Crippen LogP contribution < -0.4 is 15.4 Å². The van der Waals surface area contributed by atoms with E-state index < -0.39 is 28.8 Å². The fraction of sp³-hybridized carbons (Fsp3) is 0.483. The summed E-state index contributed by atoms with van der Waals surface area (Å²) in [5.41, 5.74) is -1.07. The topological polar surface area (TPSA) is 124 Å². The minimum atomic E-state index is -1.40. The van der Waals surface area contributed by atoms with E-state index in [1.807, 2.05) is 44.2 Å². The summed E-state index contributed by atoms with van der Waals surface area (Å²) < 4.78 is 11.4. The maximum Gasteiger partial charge on any atom is 0.251 e. The SMILES string of the molecule is COCCC(c1cccc(C(=O)N[C@@H]2c3ccccc3OC(C)(C)[C@@]2(C)O)c1)N1C(=N)NC(C)(C)CC1=O. The van der Waals surface area contributed by atoms with Gasteiger partial charge in [0.25, 0.3) is 5.91 Å². The normalized spacial score (nSPS) is 24.6. The number of carbonyl (C=O) groups is 2. The third-order valence-corrected chi connectivity index (χ3v) is 7.65. The van der Waals surface area contributed by atoms with Crippen molar-refractivity contribution in [2.24, 2.45) is 0 Å². The van der Waals surface area contributed by atoms with Crippen LogP contribution in [0.15, 0.2) is 48.5 Å². The Morgan fingerprint density at radius 2 is 1.92 bits per heavy atom. The molecular weight excluding hydrogens is 484 g/mol. The molecule has 2 heterocycles. The van der Waals surface area contributed by atoms with Crippen molar-refractivity contribution < 1.29 is 24.2 Å². The number of para-hydroxylation sites is 1. The van der Waals surface area contributed by atoms with Gasteiger partial charge in [0.15, 0.2) is 5.96 Å². The van der Waals surface area contributed by atoms with E-state index in [1.54, 1.807) is 46.1 Å². The van der Waals surface area contributed by atoms with Gasteiger partial charge in [-0.2, -0.15) is 0 Å². The number of fused-ring (bicyclic) bond motifs is 1. The number of guanidine groups is 1. The van der Waals surface area contributed by atoms with Crippen LogP contribution in [-0.2, 0) is 9.53 Å². The summed E-state index contributed by atoms with van der Waals surface area (Å²) in [4.78, 5) is 28.1. The summed E-state index contributed by atoms with van der Waals surface area (Å²) >= 11 is 0. The lowest BCUT2D eigenvalue weighted by molar-refractivity contribution is -0.137. The number of nitrogens with zero attached hydrogens (tertiary/aromatic N) is 1. The monoisotopic (exact) mass is 522 g/mol. The molecule has 2 amide bonds. The molecular formula is C29H38N4O5. The van der Waals surface area contributed by atoms with E-state index in [0.29, 0.717) is 35.5 Å². The molecule has 4 rings (SSSR count). The molecule has 204 valence electrons. The number of aliphatic hydroxyl groups is 1. The van der Waals surface area contributed by atoms with E-state index in [0.717, 1.165) is 0 Å². The maximum absolute atomic E-state index is 13.6. The van der Waals surface area contributed by atoms with Crippen LogP contribution in [0, 0.1) is 5.41 Å². The second-order valence-electron chi connectivity index (χ2n) is 11.4. The molecule has 2 aliphatic heterocycles. The van der Waals surface area contributed by atoms with Crippen molar-refractivity contribution in [2.45, 2.75) is 76.3 Å². The molecule has 2 aliphatic rings. The molecule has 0 radical (unpaired) electrons. The number of ether oxygens (including phenoxy) is 2. The fourth-order valence-corrected chi connectivity index (χ4v) is 5.18. The lowest BCUT2D eigenvalue weighted by atomic mass is 9.75. The molecule has 38 heavy (non-hydrogen) atoms. The summed E-state index contributed by atoms with van der Waals surface area (Å²) in [5, 5.41) is 26.2. The zero-order valence-corrected chi connectivity index (χ0v) is 22.9. The van der Waals surface area contributed by atoms with Crippen LogP contribution in [0.2, 0.25) is 0 Å². The molecule has 0 aromatic heterocycles. The highest BCUT2D eigenvalue weighted by atomic mass is 16.5. The molecule has 2 aromatic carbocycles. The molecule has 2 aromatic rings.